The number of aliphatic carboxylic acids is 1. The minimum atomic E-state index is -1.18. The van der Waals surface area contributed by atoms with Gasteiger partial charge in [0.25, 0.3) is 0 Å². The molecule has 0 aromatic heterocycles. The number of anilines is 2. The molecule has 3 N–H and O–H groups in total. The molecule has 0 aliphatic heterocycles. The quantitative estimate of drug-likeness (QED) is 0.363. The molecule has 0 spiro atoms. The molecule has 0 radical (unpaired) electrons. The monoisotopic (exact) mass is 526 g/mol. The van der Waals surface area contributed by atoms with Crippen LogP contribution in [-0.4, -0.2) is 23.0 Å². The van der Waals surface area contributed by atoms with Crippen molar-refractivity contribution in [1.82, 2.24) is 0 Å². The molecule has 0 heterocycles. The summed E-state index contributed by atoms with van der Waals surface area (Å²) in [5.41, 5.74) is 3.71. The number of carboxylic acid groups (broad SMARTS) is 1. The van der Waals surface area contributed by atoms with Gasteiger partial charge >= 0.3 is 5.97 Å². The molecule has 29 heavy (non-hydrogen) atoms. The summed E-state index contributed by atoms with van der Waals surface area (Å²) in [7, 11) is 0. The number of nitrogens with one attached hydrogen (secondary N) is 2. The van der Waals surface area contributed by atoms with E-state index in [2.05, 4.69) is 74.5 Å². The van der Waals surface area contributed by atoms with Gasteiger partial charge in [0, 0.05) is 17.4 Å². The number of amides is 1. The average Bonchev–Trinajstić information content (AvgIpc) is 2.59. The third-order valence-electron chi connectivity index (χ3n) is 4.14. The van der Waals surface area contributed by atoms with Crippen molar-refractivity contribution in [3.63, 3.8) is 0 Å². The third-order valence-corrected chi connectivity index (χ3v) is 5.32. The smallest absolute Gasteiger partial charge is 0.312 e. The van der Waals surface area contributed by atoms with E-state index in [4.69, 9.17) is 9.84 Å². The molecule has 1 atom stereocenters. The van der Waals surface area contributed by atoms with E-state index in [0.717, 1.165) is 23.2 Å². The lowest BCUT2D eigenvalue weighted by Crippen LogP contribution is -2.16. The lowest BCUT2D eigenvalue weighted by Gasteiger charge is -2.16. The number of aryl methyl sites for hydroxylation is 1. The number of carbonyl (C=O) groups is 2. The molecule has 0 saturated carbocycles. The van der Waals surface area contributed by atoms with Crippen molar-refractivity contribution in [2.24, 2.45) is 0 Å². The topological polar surface area (TPSA) is 87.7 Å². The van der Waals surface area contributed by atoms with Gasteiger partial charge in [-0.2, -0.15) is 0 Å². The summed E-state index contributed by atoms with van der Waals surface area (Å²) in [6.07, 6.45) is 0.447. The van der Waals surface area contributed by atoms with Crippen molar-refractivity contribution in [1.29, 1.82) is 0 Å². The van der Waals surface area contributed by atoms with Crippen LogP contribution < -0.4 is 15.4 Å². The van der Waals surface area contributed by atoms with Crippen LogP contribution in [0.5, 0.6) is 5.75 Å². The zero-order chi connectivity index (χ0) is 21.6. The molecule has 2 aromatic carbocycles. The summed E-state index contributed by atoms with van der Waals surface area (Å²) < 4.78 is 7.27. The molecule has 2 rings (SSSR count). The SMILES string of the molecule is CCC(C)Nc1cc(C)cc(COc2c(Br)cc(NC(=O)CC(=O)O)cc2Br)c1. The lowest BCUT2D eigenvalue weighted by atomic mass is 10.1. The number of hydrogen-bond donors (Lipinski definition) is 3. The Morgan fingerprint density at radius 3 is 2.34 bits per heavy atom. The molecular weight excluding hydrogens is 504 g/mol. The van der Waals surface area contributed by atoms with Gasteiger partial charge < -0.3 is 20.5 Å². The maximum atomic E-state index is 11.6. The van der Waals surface area contributed by atoms with Crippen LogP contribution in [0.15, 0.2) is 39.3 Å². The highest BCUT2D eigenvalue weighted by Gasteiger charge is 2.13. The summed E-state index contributed by atoms with van der Waals surface area (Å²) in [4.78, 5) is 22.3. The van der Waals surface area contributed by atoms with Gasteiger partial charge in [-0.3, -0.25) is 9.59 Å². The first-order chi connectivity index (χ1) is 13.7. The number of ether oxygens (including phenoxy) is 1. The number of carboxylic acids is 1. The molecule has 6 nitrogen and oxygen atoms in total. The zero-order valence-corrected chi connectivity index (χ0v) is 19.7. The third kappa shape index (κ3) is 7.36. The molecule has 0 aliphatic rings. The molecule has 0 bridgehead atoms. The van der Waals surface area contributed by atoms with Gasteiger partial charge in [-0.25, -0.2) is 0 Å². The second-order valence-corrected chi connectivity index (χ2v) is 8.55. The van der Waals surface area contributed by atoms with Gasteiger partial charge in [0.05, 0.1) is 8.95 Å². The van der Waals surface area contributed by atoms with Gasteiger partial charge in [0.1, 0.15) is 18.8 Å². The standard InChI is InChI=1S/C21H24Br2N2O4/c1-4-13(3)24-15-6-12(2)5-14(7-15)11-29-21-17(22)8-16(9-18(21)23)25-19(26)10-20(27)28/h5-9,13,24H,4,10-11H2,1-3H3,(H,25,26)(H,27,28). The molecule has 0 saturated heterocycles. The van der Waals surface area contributed by atoms with Crippen LogP contribution in [0, 0.1) is 6.92 Å². The summed E-state index contributed by atoms with van der Waals surface area (Å²) in [5.74, 6) is -1.17. The van der Waals surface area contributed by atoms with E-state index in [0.29, 0.717) is 33.0 Å². The molecule has 0 fully saturated rings. The molecular formula is C21H24Br2N2O4. The van der Waals surface area contributed by atoms with Crippen LogP contribution >= 0.6 is 31.9 Å². The van der Waals surface area contributed by atoms with Crippen LogP contribution in [-0.2, 0) is 16.2 Å². The molecule has 0 aliphatic carbocycles. The Balaban J connectivity index is 2.11. The minimum Gasteiger partial charge on any atom is -0.487 e. The number of halogens is 2. The van der Waals surface area contributed by atoms with Crippen LogP contribution in [0.4, 0.5) is 11.4 Å². The van der Waals surface area contributed by atoms with Crippen molar-refractivity contribution in [2.45, 2.75) is 46.3 Å². The number of carbonyl (C=O) groups excluding carboxylic acids is 1. The fraction of sp³-hybridized carbons (Fsp3) is 0.333. The van der Waals surface area contributed by atoms with E-state index in [1.807, 2.05) is 6.92 Å². The number of hydrogen-bond acceptors (Lipinski definition) is 4. The van der Waals surface area contributed by atoms with Crippen molar-refractivity contribution in [2.75, 3.05) is 10.6 Å². The van der Waals surface area contributed by atoms with Gasteiger partial charge in [-0.1, -0.05) is 13.0 Å². The minimum absolute atomic E-state index is 0.374. The first kappa shape index (κ1) is 23.2. The Kier molecular flexibility index (Phi) is 8.52. The lowest BCUT2D eigenvalue weighted by molar-refractivity contribution is -0.139. The van der Waals surface area contributed by atoms with Crippen molar-refractivity contribution in [3.05, 3.63) is 50.4 Å². The van der Waals surface area contributed by atoms with E-state index in [9.17, 15) is 9.59 Å². The first-order valence-corrected chi connectivity index (χ1v) is 10.8. The molecule has 8 heteroatoms. The predicted molar refractivity (Wildman–Crippen MR) is 122 cm³/mol. The number of rotatable bonds is 9. The van der Waals surface area contributed by atoms with Crippen molar-refractivity contribution >= 4 is 55.1 Å². The molecule has 156 valence electrons. The molecule has 1 amide bonds. The maximum absolute atomic E-state index is 11.6. The average molecular weight is 528 g/mol. The van der Waals surface area contributed by atoms with E-state index in [1.54, 1.807) is 12.1 Å². The second kappa shape index (κ2) is 10.6. The van der Waals surface area contributed by atoms with Crippen LogP contribution in [0.2, 0.25) is 0 Å². The summed E-state index contributed by atoms with van der Waals surface area (Å²) in [6.45, 7) is 6.70. The largest absolute Gasteiger partial charge is 0.487 e. The zero-order valence-electron chi connectivity index (χ0n) is 16.5. The fourth-order valence-electron chi connectivity index (χ4n) is 2.68. The summed E-state index contributed by atoms with van der Waals surface area (Å²) in [6, 6.07) is 9.98. The van der Waals surface area contributed by atoms with Crippen molar-refractivity contribution in [3.8, 4) is 5.75 Å². The Labute approximate surface area is 187 Å². The van der Waals surface area contributed by atoms with Crippen molar-refractivity contribution < 1.29 is 19.4 Å². The molecule has 2 aromatic rings. The highest BCUT2D eigenvalue weighted by molar-refractivity contribution is 9.11. The molecule has 1 unspecified atom stereocenters. The Hall–Kier alpha value is -2.06. The Morgan fingerprint density at radius 1 is 1.10 bits per heavy atom. The fourth-order valence-corrected chi connectivity index (χ4v) is 4.10. The Bertz CT molecular complexity index is 879. The highest BCUT2D eigenvalue weighted by atomic mass is 79.9. The van der Waals surface area contributed by atoms with Crippen LogP contribution in [0.25, 0.3) is 0 Å². The number of benzene rings is 2. The van der Waals surface area contributed by atoms with Crippen LogP contribution in [0.1, 0.15) is 37.8 Å². The first-order valence-electron chi connectivity index (χ1n) is 9.18. The van der Waals surface area contributed by atoms with Gasteiger partial charge in [0.15, 0.2) is 0 Å². The van der Waals surface area contributed by atoms with E-state index in [-0.39, 0.29) is 0 Å². The van der Waals surface area contributed by atoms with E-state index < -0.39 is 18.3 Å². The normalized spacial score (nSPS) is 11.6. The van der Waals surface area contributed by atoms with E-state index >= 15 is 0 Å². The second-order valence-electron chi connectivity index (χ2n) is 6.84. The maximum Gasteiger partial charge on any atom is 0.312 e. The van der Waals surface area contributed by atoms with Gasteiger partial charge in [-0.05, 0) is 87.5 Å². The van der Waals surface area contributed by atoms with E-state index in [1.165, 1.54) is 0 Å². The predicted octanol–water partition coefficient (Wildman–Crippen LogP) is 5.72. The summed E-state index contributed by atoms with van der Waals surface area (Å²) in [5, 5.41) is 14.7. The van der Waals surface area contributed by atoms with Gasteiger partial charge in [0.2, 0.25) is 5.91 Å². The summed E-state index contributed by atoms with van der Waals surface area (Å²) >= 11 is 6.90. The van der Waals surface area contributed by atoms with Crippen LogP contribution in [0.3, 0.4) is 0 Å². The Morgan fingerprint density at radius 2 is 1.76 bits per heavy atom. The van der Waals surface area contributed by atoms with Gasteiger partial charge in [-0.15, -0.1) is 0 Å². The highest BCUT2D eigenvalue weighted by Crippen LogP contribution is 2.37.